The predicted molar refractivity (Wildman–Crippen MR) is 139 cm³/mol. The lowest BCUT2D eigenvalue weighted by molar-refractivity contribution is 0.128. The van der Waals surface area contributed by atoms with Crippen LogP contribution in [0.25, 0.3) is 11.0 Å². The third-order valence-corrected chi connectivity index (χ3v) is 7.00. The van der Waals surface area contributed by atoms with Crippen molar-refractivity contribution < 1.29 is 4.74 Å². The van der Waals surface area contributed by atoms with Crippen LogP contribution >= 0.6 is 11.9 Å². The number of benzene rings is 2. The van der Waals surface area contributed by atoms with Gasteiger partial charge < -0.3 is 13.6 Å². The fourth-order valence-corrected chi connectivity index (χ4v) is 4.90. The molecule has 3 aromatic rings. The van der Waals surface area contributed by atoms with Crippen LogP contribution in [0.3, 0.4) is 0 Å². The highest BCUT2D eigenvalue weighted by Crippen LogP contribution is 2.33. The molecular formula is C27H39N3OS. The van der Waals surface area contributed by atoms with Gasteiger partial charge in [0.15, 0.2) is 0 Å². The molecule has 0 spiro atoms. The van der Waals surface area contributed by atoms with E-state index in [2.05, 4.69) is 98.9 Å². The molecule has 0 amide bonds. The molecule has 2 aromatic carbocycles. The Morgan fingerprint density at radius 2 is 1.81 bits per heavy atom. The second kappa shape index (κ2) is 11.2. The van der Waals surface area contributed by atoms with Crippen molar-refractivity contribution in [1.29, 1.82) is 0 Å². The molecule has 0 fully saturated rings. The smallest absolute Gasteiger partial charge is 0.115 e. The van der Waals surface area contributed by atoms with E-state index in [9.17, 15) is 0 Å². The first-order valence-electron chi connectivity index (χ1n) is 12.0. The second-order valence-corrected chi connectivity index (χ2v) is 10.4. The van der Waals surface area contributed by atoms with Crippen LogP contribution in [-0.2, 0) is 16.7 Å². The van der Waals surface area contributed by atoms with Gasteiger partial charge in [-0.15, -0.1) is 0 Å². The summed E-state index contributed by atoms with van der Waals surface area (Å²) < 4.78 is 10.4. The van der Waals surface area contributed by atoms with Gasteiger partial charge in [0.2, 0.25) is 0 Å². The zero-order chi connectivity index (χ0) is 23.1. The van der Waals surface area contributed by atoms with Gasteiger partial charge in [0.25, 0.3) is 0 Å². The molecule has 0 aliphatic rings. The Hall–Kier alpha value is -1.98. The number of nitrogens with zero attached hydrogens (tertiary/aromatic N) is 3. The average molecular weight is 454 g/mol. The van der Waals surface area contributed by atoms with Crippen molar-refractivity contribution in [3.05, 3.63) is 54.4 Å². The summed E-state index contributed by atoms with van der Waals surface area (Å²) in [6.07, 6.45) is 2.23. The molecule has 1 unspecified atom stereocenters. The molecular weight excluding hydrogens is 414 g/mol. The molecule has 1 atom stereocenters. The second-order valence-electron chi connectivity index (χ2n) is 9.33. The summed E-state index contributed by atoms with van der Waals surface area (Å²) in [5.41, 5.74) is 3.50. The molecule has 32 heavy (non-hydrogen) atoms. The quantitative estimate of drug-likeness (QED) is 0.225. The fourth-order valence-electron chi connectivity index (χ4n) is 4.02. The lowest BCUT2D eigenvalue weighted by Crippen LogP contribution is -2.22. The number of hydrogen-bond acceptors (Lipinski definition) is 4. The monoisotopic (exact) mass is 453 g/mol. The third-order valence-electron chi connectivity index (χ3n) is 5.83. The maximum Gasteiger partial charge on any atom is 0.115 e. The number of anilines is 1. The number of imidazole rings is 1. The average Bonchev–Trinajstić information content (AvgIpc) is 3.15. The van der Waals surface area contributed by atoms with Crippen LogP contribution in [0.1, 0.15) is 60.2 Å². The van der Waals surface area contributed by atoms with Gasteiger partial charge >= 0.3 is 0 Å². The minimum absolute atomic E-state index is 0.0133. The Morgan fingerprint density at radius 1 is 1.06 bits per heavy atom. The van der Waals surface area contributed by atoms with E-state index in [1.807, 2.05) is 0 Å². The molecule has 0 saturated heterocycles. The Bertz CT molecular complexity index is 978. The number of rotatable bonds is 11. The molecule has 0 radical (unpaired) electrons. The van der Waals surface area contributed by atoms with Gasteiger partial charge in [0.1, 0.15) is 5.82 Å². The zero-order valence-corrected chi connectivity index (χ0v) is 21.4. The largest absolute Gasteiger partial charge is 0.382 e. The van der Waals surface area contributed by atoms with E-state index in [4.69, 9.17) is 9.72 Å². The number of aromatic nitrogens is 2. The summed E-state index contributed by atoms with van der Waals surface area (Å²) >= 11 is 1.78. The summed E-state index contributed by atoms with van der Waals surface area (Å²) in [4.78, 5) is 6.39. The normalized spacial score (nSPS) is 12.9. The summed E-state index contributed by atoms with van der Waals surface area (Å²) in [5.74, 6) is 1.75. The summed E-state index contributed by atoms with van der Waals surface area (Å²) in [7, 11) is 0. The van der Waals surface area contributed by atoms with E-state index < -0.39 is 0 Å². The number of ether oxygens (including phenoxy) is 1. The van der Waals surface area contributed by atoms with Crippen molar-refractivity contribution in [3.8, 4) is 0 Å². The van der Waals surface area contributed by atoms with Crippen LogP contribution in [-0.4, -0.2) is 29.3 Å². The van der Waals surface area contributed by atoms with Gasteiger partial charge in [0, 0.05) is 42.3 Å². The van der Waals surface area contributed by atoms with Crippen molar-refractivity contribution in [3.63, 3.8) is 0 Å². The molecule has 5 heteroatoms. The summed E-state index contributed by atoms with van der Waals surface area (Å²) in [6, 6.07) is 17.3. The number of hydrogen-bond donors (Lipinski definition) is 0. The van der Waals surface area contributed by atoms with Crippen molar-refractivity contribution >= 4 is 28.7 Å². The first-order chi connectivity index (χ1) is 15.4. The highest BCUT2D eigenvalue weighted by atomic mass is 32.2. The van der Waals surface area contributed by atoms with Crippen LogP contribution in [0.2, 0.25) is 0 Å². The van der Waals surface area contributed by atoms with Gasteiger partial charge in [0.05, 0.1) is 11.0 Å². The van der Waals surface area contributed by atoms with E-state index in [0.717, 1.165) is 44.7 Å². The molecule has 0 N–H and O–H groups in total. The fraction of sp³-hybridized carbons (Fsp3) is 0.519. The summed E-state index contributed by atoms with van der Waals surface area (Å²) in [6.45, 7) is 16.9. The maximum absolute atomic E-state index is 5.64. The highest BCUT2D eigenvalue weighted by molar-refractivity contribution is 8.00. The van der Waals surface area contributed by atoms with Crippen LogP contribution < -0.4 is 4.31 Å². The molecule has 174 valence electrons. The van der Waals surface area contributed by atoms with Crippen molar-refractivity contribution in [1.82, 2.24) is 9.55 Å². The van der Waals surface area contributed by atoms with Crippen LogP contribution in [0.15, 0.2) is 53.4 Å². The minimum Gasteiger partial charge on any atom is -0.382 e. The van der Waals surface area contributed by atoms with Gasteiger partial charge in [-0.1, -0.05) is 52.3 Å². The molecule has 0 saturated carbocycles. The van der Waals surface area contributed by atoms with Crippen LogP contribution in [0.4, 0.5) is 5.69 Å². The van der Waals surface area contributed by atoms with Crippen molar-refractivity contribution in [2.24, 2.45) is 5.92 Å². The van der Waals surface area contributed by atoms with E-state index >= 15 is 0 Å². The Labute approximate surface area is 198 Å². The molecule has 0 aliphatic heterocycles. The predicted octanol–water partition coefficient (Wildman–Crippen LogP) is 7.32. The van der Waals surface area contributed by atoms with Gasteiger partial charge in [-0.3, -0.25) is 0 Å². The first kappa shape index (κ1) is 24.7. The van der Waals surface area contributed by atoms with Crippen molar-refractivity contribution in [2.45, 2.75) is 71.2 Å². The van der Waals surface area contributed by atoms with E-state index in [-0.39, 0.29) is 5.41 Å². The van der Waals surface area contributed by atoms with Gasteiger partial charge in [-0.2, -0.15) is 0 Å². The SMILES string of the molecule is CCOCCC(CC)Cn1c(C(C)(C)C)nc2cc(N(CC)Sc3ccccc3)ccc21. The topological polar surface area (TPSA) is 30.3 Å². The van der Waals surface area contributed by atoms with Crippen LogP contribution in [0.5, 0.6) is 0 Å². The zero-order valence-electron chi connectivity index (χ0n) is 20.6. The minimum atomic E-state index is -0.0133. The number of fused-ring (bicyclic) bond motifs is 1. The lowest BCUT2D eigenvalue weighted by Gasteiger charge is -2.24. The van der Waals surface area contributed by atoms with Gasteiger partial charge in [-0.25, -0.2) is 4.98 Å². The van der Waals surface area contributed by atoms with E-state index in [1.54, 1.807) is 11.9 Å². The lowest BCUT2D eigenvalue weighted by atomic mass is 9.95. The molecule has 1 aromatic heterocycles. The molecule has 3 rings (SSSR count). The molecule has 0 aliphatic carbocycles. The van der Waals surface area contributed by atoms with Crippen molar-refractivity contribution in [2.75, 3.05) is 24.1 Å². The van der Waals surface area contributed by atoms with E-state index in [0.29, 0.717) is 5.92 Å². The van der Waals surface area contributed by atoms with Crippen LogP contribution in [0, 0.1) is 5.92 Å². The van der Waals surface area contributed by atoms with Gasteiger partial charge in [-0.05, 0) is 68.5 Å². The summed E-state index contributed by atoms with van der Waals surface area (Å²) in [5, 5.41) is 0. The molecule has 1 heterocycles. The Morgan fingerprint density at radius 3 is 2.44 bits per heavy atom. The molecule has 0 bridgehead atoms. The Kier molecular flexibility index (Phi) is 8.66. The Balaban J connectivity index is 1.93. The third kappa shape index (κ3) is 6.08. The maximum atomic E-state index is 5.64. The van der Waals surface area contributed by atoms with E-state index in [1.165, 1.54) is 21.9 Å². The highest BCUT2D eigenvalue weighted by Gasteiger charge is 2.25. The molecule has 4 nitrogen and oxygen atoms in total. The standard InChI is InChI=1S/C27H39N3OS/c1-7-21(17-18-31-9-3)20-29-25-16-15-22(19-24(25)28-26(29)27(4,5)6)30(8-2)32-23-13-11-10-12-14-23/h10-16,19,21H,7-9,17-18,20H2,1-6H3. The first-order valence-corrected chi connectivity index (χ1v) is 12.7.